The Morgan fingerprint density at radius 1 is 1.15 bits per heavy atom. The predicted molar refractivity (Wildman–Crippen MR) is 169 cm³/mol. The third-order valence-electron chi connectivity index (χ3n) is 7.83. The number of amides is 1. The summed E-state index contributed by atoms with van der Waals surface area (Å²) in [7, 11) is 0.873. The zero-order valence-corrected chi connectivity index (χ0v) is 24.6. The van der Waals surface area contributed by atoms with Crippen LogP contribution in [0.2, 0.25) is 0 Å². The first-order valence-electron chi connectivity index (χ1n) is 13.9. The highest BCUT2D eigenvalue weighted by Crippen LogP contribution is 2.37. The summed E-state index contributed by atoms with van der Waals surface area (Å²) in [6.07, 6.45) is 2.32. The van der Waals surface area contributed by atoms with E-state index >= 15 is 0 Å². The fourth-order valence-electron chi connectivity index (χ4n) is 5.41. The number of anilines is 2. The van der Waals surface area contributed by atoms with Gasteiger partial charge in [-0.25, -0.2) is 4.21 Å². The van der Waals surface area contributed by atoms with E-state index in [4.69, 9.17) is 4.74 Å². The van der Waals surface area contributed by atoms with Gasteiger partial charge in [-0.05, 0) is 61.0 Å². The third-order valence-corrected chi connectivity index (χ3v) is 9.87. The molecule has 0 bridgehead atoms. The molecule has 5 rings (SSSR count). The van der Waals surface area contributed by atoms with Crippen LogP contribution in [0.4, 0.5) is 11.4 Å². The Kier molecular flexibility index (Phi) is 8.28. The van der Waals surface area contributed by atoms with E-state index in [-0.39, 0.29) is 12.5 Å². The smallest absolute Gasteiger partial charge is 0.251 e. The second-order valence-electron chi connectivity index (χ2n) is 10.5. The molecule has 1 aliphatic heterocycles. The van der Waals surface area contributed by atoms with E-state index in [1.165, 1.54) is 0 Å². The molecule has 1 unspecified atom stereocenters. The number of aromatic nitrogens is 1. The molecule has 1 amide bonds. The van der Waals surface area contributed by atoms with Gasteiger partial charge in [0, 0.05) is 64.5 Å². The Labute approximate surface area is 242 Å². The number of benzene rings is 3. The molecule has 9 heteroatoms. The molecule has 216 valence electrons. The van der Waals surface area contributed by atoms with E-state index in [1.807, 2.05) is 60.7 Å². The van der Waals surface area contributed by atoms with Crippen molar-refractivity contribution in [1.29, 1.82) is 0 Å². The van der Waals surface area contributed by atoms with Crippen LogP contribution in [0.5, 0.6) is 5.75 Å². The SMILES string of the molecule is C=S1(=O)CCc2cn(CC)c3cc(C(=O)N[C@@H](Cc4ccccc4)[C@H](O)CNc4cccc(OC)c4)cc(c23)N1C. The van der Waals surface area contributed by atoms with Crippen molar-refractivity contribution in [2.24, 2.45) is 0 Å². The number of rotatable bonds is 10. The molecule has 0 aliphatic carbocycles. The Morgan fingerprint density at radius 3 is 2.66 bits per heavy atom. The summed E-state index contributed by atoms with van der Waals surface area (Å²) in [5.41, 5.74) is 5.04. The van der Waals surface area contributed by atoms with Gasteiger partial charge in [-0.3, -0.25) is 4.79 Å². The first kappa shape index (κ1) is 28.6. The van der Waals surface area contributed by atoms with Crippen molar-refractivity contribution in [2.75, 3.05) is 36.1 Å². The van der Waals surface area contributed by atoms with Gasteiger partial charge < -0.3 is 29.3 Å². The van der Waals surface area contributed by atoms with E-state index < -0.39 is 21.9 Å². The molecule has 3 N–H and O–H groups in total. The first-order chi connectivity index (χ1) is 19.7. The number of aliphatic hydroxyl groups is 1. The van der Waals surface area contributed by atoms with Crippen LogP contribution in [-0.2, 0) is 29.1 Å². The number of ether oxygens (including phenoxy) is 1. The molecular weight excluding hydrogens is 536 g/mol. The Bertz CT molecular complexity index is 1650. The van der Waals surface area contributed by atoms with E-state index in [9.17, 15) is 14.1 Å². The number of methoxy groups -OCH3 is 1. The van der Waals surface area contributed by atoms with Crippen LogP contribution < -0.4 is 19.7 Å². The second-order valence-corrected chi connectivity index (χ2v) is 13.0. The molecule has 4 aromatic rings. The molecule has 3 aromatic carbocycles. The Hall–Kier alpha value is -3.95. The zero-order valence-electron chi connectivity index (χ0n) is 23.8. The summed E-state index contributed by atoms with van der Waals surface area (Å²) in [4.78, 5) is 13.8. The summed E-state index contributed by atoms with van der Waals surface area (Å²) in [5.74, 6) is 4.87. The number of aryl methyl sites for hydroxylation is 2. The van der Waals surface area contributed by atoms with Crippen LogP contribution in [0.15, 0.2) is 72.9 Å². The maximum Gasteiger partial charge on any atom is 0.251 e. The fourth-order valence-corrected chi connectivity index (χ4v) is 6.72. The van der Waals surface area contributed by atoms with Crippen LogP contribution >= 0.6 is 0 Å². The van der Waals surface area contributed by atoms with Crippen LogP contribution in [0, 0.1) is 0 Å². The largest absolute Gasteiger partial charge is 0.497 e. The minimum atomic E-state index is -2.52. The lowest BCUT2D eigenvalue weighted by Crippen LogP contribution is -2.47. The maximum absolute atomic E-state index is 13.8. The monoisotopic (exact) mass is 574 g/mol. The highest BCUT2D eigenvalue weighted by molar-refractivity contribution is 8.01. The normalized spacial score (nSPS) is 18.0. The number of carbonyl (C=O) groups excluding carboxylic acids is 1. The first-order valence-corrected chi connectivity index (χ1v) is 15.7. The molecule has 0 fully saturated rings. The van der Waals surface area contributed by atoms with E-state index in [0.29, 0.717) is 29.9 Å². The molecule has 2 heterocycles. The lowest BCUT2D eigenvalue weighted by molar-refractivity contribution is 0.0851. The topological polar surface area (TPSA) is 95.8 Å². The van der Waals surface area contributed by atoms with Gasteiger partial charge in [0.15, 0.2) is 0 Å². The van der Waals surface area contributed by atoms with Crippen molar-refractivity contribution < 1.29 is 18.8 Å². The lowest BCUT2D eigenvalue weighted by Gasteiger charge is -2.26. The van der Waals surface area contributed by atoms with Crippen molar-refractivity contribution >= 4 is 43.8 Å². The quantitative estimate of drug-likeness (QED) is 0.248. The average molecular weight is 575 g/mol. The maximum atomic E-state index is 13.8. The summed E-state index contributed by atoms with van der Waals surface area (Å²) in [6.45, 7) is 3.04. The molecule has 8 nitrogen and oxygen atoms in total. The predicted octanol–water partition coefficient (Wildman–Crippen LogP) is 4.11. The summed E-state index contributed by atoms with van der Waals surface area (Å²) in [6, 6.07) is 20.4. The Morgan fingerprint density at radius 2 is 1.93 bits per heavy atom. The molecule has 0 spiro atoms. The molecule has 1 aromatic heterocycles. The second kappa shape index (κ2) is 11.9. The lowest BCUT2D eigenvalue weighted by atomic mass is 9.99. The standard InChI is InChI=1S/C32H38N4O4S/c1-5-36-21-23-14-15-41(4,39)35(2)28-17-24(18-29(36)31(23)28)32(38)34-27(16-22-10-7-6-8-11-22)30(37)20-33-25-12-9-13-26(19-25)40-3/h6-13,17-19,21,27,30,33,37H,4-5,14-16,20H2,1-3H3,(H,34,38)/t27-,30+,41?/m0/s1. The molecule has 0 saturated carbocycles. The third kappa shape index (κ3) is 6.06. The van der Waals surface area contributed by atoms with Crippen LogP contribution in [0.3, 0.4) is 0 Å². The van der Waals surface area contributed by atoms with Crippen molar-refractivity contribution in [3.8, 4) is 5.75 Å². The number of hydrogen-bond donors (Lipinski definition) is 3. The van der Waals surface area contributed by atoms with Crippen molar-refractivity contribution in [3.05, 3.63) is 89.6 Å². The van der Waals surface area contributed by atoms with Crippen molar-refractivity contribution in [1.82, 2.24) is 9.88 Å². The van der Waals surface area contributed by atoms with Gasteiger partial charge in [0.1, 0.15) is 5.75 Å². The van der Waals surface area contributed by atoms with Gasteiger partial charge in [-0.1, -0.05) is 36.4 Å². The minimum Gasteiger partial charge on any atom is -0.497 e. The van der Waals surface area contributed by atoms with Gasteiger partial charge >= 0.3 is 0 Å². The summed E-state index contributed by atoms with van der Waals surface area (Å²) in [5, 5.41) is 18.7. The van der Waals surface area contributed by atoms with Gasteiger partial charge in [0.25, 0.3) is 5.91 Å². The molecular formula is C32H38N4O4S. The highest BCUT2D eigenvalue weighted by atomic mass is 32.2. The van der Waals surface area contributed by atoms with Gasteiger partial charge in [-0.2, -0.15) is 0 Å². The molecule has 3 atom stereocenters. The van der Waals surface area contributed by atoms with Crippen LogP contribution in [-0.4, -0.2) is 64.3 Å². The summed E-state index contributed by atoms with van der Waals surface area (Å²) >= 11 is 0. The van der Waals surface area contributed by atoms with Gasteiger partial charge in [-0.15, -0.1) is 0 Å². The van der Waals surface area contributed by atoms with E-state index in [2.05, 4.69) is 34.2 Å². The average Bonchev–Trinajstić information content (AvgIpc) is 3.31. The van der Waals surface area contributed by atoms with E-state index in [1.54, 1.807) is 24.5 Å². The molecule has 0 radical (unpaired) electrons. The number of nitrogens with one attached hydrogen (secondary N) is 2. The zero-order chi connectivity index (χ0) is 29.1. The number of nitrogens with zero attached hydrogens (tertiary/aromatic N) is 2. The minimum absolute atomic E-state index is 0.226. The van der Waals surface area contributed by atoms with Gasteiger partial charge in [0.2, 0.25) is 0 Å². The van der Waals surface area contributed by atoms with Crippen LogP contribution in [0.25, 0.3) is 10.9 Å². The van der Waals surface area contributed by atoms with E-state index in [0.717, 1.165) is 39.9 Å². The highest BCUT2D eigenvalue weighted by Gasteiger charge is 2.27. The molecule has 1 aliphatic rings. The number of hydrogen-bond acceptors (Lipinski definition) is 5. The van der Waals surface area contributed by atoms with Crippen molar-refractivity contribution in [2.45, 2.75) is 38.5 Å². The van der Waals surface area contributed by atoms with Crippen molar-refractivity contribution in [3.63, 3.8) is 0 Å². The summed E-state index contributed by atoms with van der Waals surface area (Å²) < 4.78 is 22.5. The molecule has 0 saturated heterocycles. The fraction of sp³-hybridized carbons (Fsp3) is 0.312. The Balaban J connectivity index is 1.45. The number of aliphatic hydroxyl groups excluding tert-OH is 1. The molecule has 41 heavy (non-hydrogen) atoms. The van der Waals surface area contributed by atoms with Crippen LogP contribution in [0.1, 0.15) is 28.4 Å². The van der Waals surface area contributed by atoms with Gasteiger partial charge in [0.05, 0.1) is 30.5 Å². The number of carbonyl (C=O) groups is 1.